The van der Waals surface area contributed by atoms with Crippen molar-refractivity contribution in [3.63, 3.8) is 0 Å². The number of rotatable bonds is 6. The Morgan fingerprint density at radius 2 is 1.73 bits per heavy atom. The van der Waals surface area contributed by atoms with Gasteiger partial charge in [0.1, 0.15) is 11.5 Å². The Morgan fingerprint density at radius 3 is 2.31 bits per heavy atom. The zero-order chi connectivity index (χ0) is 19.5. The van der Waals surface area contributed by atoms with Crippen molar-refractivity contribution in [2.75, 3.05) is 14.2 Å². The summed E-state index contributed by atoms with van der Waals surface area (Å²) in [6, 6.07) is 7.20. The Morgan fingerprint density at radius 1 is 1.12 bits per heavy atom. The number of aryl methyl sites for hydroxylation is 1. The minimum Gasteiger partial charge on any atom is -0.493 e. The second-order valence-corrected chi connectivity index (χ2v) is 7.34. The molecule has 2 rings (SSSR count). The van der Waals surface area contributed by atoms with Crippen LogP contribution in [0.4, 0.5) is 0 Å². The highest BCUT2D eigenvalue weighted by Crippen LogP contribution is 2.30. The van der Waals surface area contributed by atoms with Crippen LogP contribution in [0.1, 0.15) is 21.5 Å². The Labute approximate surface area is 156 Å². The first kappa shape index (κ1) is 20.0. The number of ether oxygens (including phenoxy) is 3. The third-order valence-corrected chi connectivity index (χ3v) is 5.07. The highest BCUT2D eigenvalue weighted by Gasteiger charge is 2.18. The molecule has 0 aliphatic rings. The maximum atomic E-state index is 12.2. The maximum Gasteiger partial charge on any atom is 0.338 e. The number of carbonyl (C=O) groups is 1. The molecule has 0 aromatic heterocycles. The number of nitrogens with two attached hydrogens (primary N) is 1. The van der Waals surface area contributed by atoms with E-state index in [4.69, 9.17) is 31.0 Å². The predicted molar refractivity (Wildman–Crippen MR) is 96.2 cm³/mol. The average Bonchev–Trinajstić information content (AvgIpc) is 2.59. The lowest BCUT2D eigenvalue weighted by molar-refractivity contribution is 0.0471. The van der Waals surface area contributed by atoms with E-state index < -0.39 is 16.0 Å². The molecule has 0 unspecified atom stereocenters. The summed E-state index contributed by atoms with van der Waals surface area (Å²) < 4.78 is 38.7. The number of methoxy groups -OCH3 is 2. The van der Waals surface area contributed by atoms with Crippen LogP contribution < -0.4 is 14.6 Å². The van der Waals surface area contributed by atoms with Gasteiger partial charge in [-0.2, -0.15) is 0 Å². The Balaban J connectivity index is 2.22. The van der Waals surface area contributed by atoms with Crippen LogP contribution in [0, 0.1) is 6.92 Å². The monoisotopic (exact) mass is 399 g/mol. The summed E-state index contributed by atoms with van der Waals surface area (Å²) in [7, 11) is -1.02. The van der Waals surface area contributed by atoms with Gasteiger partial charge in [0.2, 0.25) is 10.0 Å². The van der Waals surface area contributed by atoms with Crippen molar-refractivity contribution in [2.24, 2.45) is 5.14 Å². The molecule has 0 spiro atoms. The van der Waals surface area contributed by atoms with Gasteiger partial charge in [-0.15, -0.1) is 0 Å². The van der Waals surface area contributed by atoms with Gasteiger partial charge in [0.15, 0.2) is 11.5 Å². The van der Waals surface area contributed by atoms with Crippen LogP contribution in [0.5, 0.6) is 11.5 Å². The van der Waals surface area contributed by atoms with E-state index in [9.17, 15) is 13.2 Å². The minimum absolute atomic E-state index is 0.0246. The molecule has 0 saturated carbocycles. The fourth-order valence-corrected chi connectivity index (χ4v) is 3.32. The van der Waals surface area contributed by atoms with E-state index in [1.165, 1.54) is 26.4 Å². The fraction of sp³-hybridized carbons (Fsp3) is 0.235. The molecule has 140 valence electrons. The second-order valence-electron chi connectivity index (χ2n) is 5.40. The first-order chi connectivity index (χ1) is 12.2. The van der Waals surface area contributed by atoms with Crippen molar-refractivity contribution in [1.29, 1.82) is 0 Å². The highest BCUT2D eigenvalue weighted by molar-refractivity contribution is 7.89. The van der Waals surface area contributed by atoms with Gasteiger partial charge in [-0.3, -0.25) is 0 Å². The molecule has 2 aromatic carbocycles. The summed E-state index contributed by atoms with van der Waals surface area (Å²) in [5.41, 5.74) is 1.59. The van der Waals surface area contributed by atoms with Crippen LogP contribution in [-0.4, -0.2) is 28.6 Å². The van der Waals surface area contributed by atoms with Crippen molar-refractivity contribution < 1.29 is 27.4 Å². The number of benzene rings is 2. The van der Waals surface area contributed by atoms with E-state index in [0.717, 1.165) is 17.2 Å². The van der Waals surface area contributed by atoms with E-state index in [-0.39, 0.29) is 22.1 Å². The normalized spacial score (nSPS) is 11.1. The summed E-state index contributed by atoms with van der Waals surface area (Å²) in [6.07, 6.45) is 0. The van der Waals surface area contributed by atoms with Crippen LogP contribution in [0.15, 0.2) is 35.2 Å². The quantitative estimate of drug-likeness (QED) is 0.748. The SMILES string of the molecule is COc1cc(C)c(COC(=O)c2ccc(Cl)c(S(N)(=O)=O)c2)cc1OC. The Bertz CT molecular complexity index is 943. The van der Waals surface area contributed by atoms with Crippen LogP contribution in [0.25, 0.3) is 0 Å². The first-order valence-electron chi connectivity index (χ1n) is 7.38. The zero-order valence-corrected chi connectivity index (χ0v) is 16.0. The Kier molecular flexibility index (Phi) is 6.12. The molecule has 0 heterocycles. The molecule has 0 radical (unpaired) electrons. The molecule has 9 heteroatoms. The second kappa shape index (κ2) is 7.94. The van der Waals surface area contributed by atoms with Gasteiger partial charge in [0, 0.05) is 0 Å². The number of halogens is 1. The summed E-state index contributed by atoms with van der Waals surface area (Å²) in [5.74, 6) is 0.364. The molecule has 0 amide bonds. The third-order valence-electron chi connectivity index (χ3n) is 3.67. The highest BCUT2D eigenvalue weighted by atomic mass is 35.5. The molecule has 0 fully saturated rings. The number of hydrogen-bond donors (Lipinski definition) is 1. The number of primary sulfonamides is 1. The standard InChI is InChI=1S/C17H18ClNO6S/c1-10-6-14(23-2)15(24-3)7-12(10)9-25-17(20)11-4-5-13(18)16(8-11)26(19,21)22/h4-8H,9H2,1-3H3,(H2,19,21,22). The maximum absolute atomic E-state index is 12.2. The number of hydrogen-bond acceptors (Lipinski definition) is 6. The van der Waals surface area contributed by atoms with E-state index in [1.807, 2.05) is 6.92 Å². The van der Waals surface area contributed by atoms with Gasteiger partial charge in [-0.25, -0.2) is 18.4 Å². The third kappa shape index (κ3) is 4.46. The molecule has 0 aliphatic carbocycles. The molecular weight excluding hydrogens is 382 g/mol. The molecule has 26 heavy (non-hydrogen) atoms. The largest absolute Gasteiger partial charge is 0.493 e. The summed E-state index contributed by atoms with van der Waals surface area (Å²) in [5, 5.41) is 5.01. The van der Waals surface area contributed by atoms with Crippen LogP contribution in [-0.2, 0) is 21.4 Å². The van der Waals surface area contributed by atoms with Gasteiger partial charge in [0.25, 0.3) is 0 Å². The van der Waals surface area contributed by atoms with Crippen molar-refractivity contribution in [3.05, 3.63) is 52.0 Å². The van der Waals surface area contributed by atoms with Crippen molar-refractivity contribution in [2.45, 2.75) is 18.4 Å². The lowest BCUT2D eigenvalue weighted by Gasteiger charge is -2.13. The molecular formula is C17H18ClNO6S. The van der Waals surface area contributed by atoms with Crippen LogP contribution in [0.2, 0.25) is 5.02 Å². The van der Waals surface area contributed by atoms with Gasteiger partial charge >= 0.3 is 5.97 Å². The Hall–Kier alpha value is -2.29. The van der Waals surface area contributed by atoms with E-state index in [0.29, 0.717) is 11.5 Å². The van der Waals surface area contributed by atoms with Crippen LogP contribution >= 0.6 is 11.6 Å². The lowest BCUT2D eigenvalue weighted by Crippen LogP contribution is -2.14. The number of esters is 1. The molecule has 0 aliphatic heterocycles. The van der Waals surface area contributed by atoms with Crippen molar-refractivity contribution in [3.8, 4) is 11.5 Å². The topological polar surface area (TPSA) is 105 Å². The molecule has 2 N–H and O–H groups in total. The average molecular weight is 400 g/mol. The summed E-state index contributed by atoms with van der Waals surface area (Å²) >= 11 is 5.80. The van der Waals surface area contributed by atoms with E-state index >= 15 is 0 Å². The fourth-order valence-electron chi connectivity index (χ4n) is 2.25. The van der Waals surface area contributed by atoms with Gasteiger partial charge < -0.3 is 14.2 Å². The van der Waals surface area contributed by atoms with E-state index in [2.05, 4.69) is 0 Å². The molecule has 2 aromatic rings. The van der Waals surface area contributed by atoms with E-state index in [1.54, 1.807) is 12.1 Å². The molecule has 0 saturated heterocycles. The minimum atomic E-state index is -4.05. The summed E-state index contributed by atoms with van der Waals surface area (Å²) in [6.45, 7) is 1.81. The number of sulfonamides is 1. The van der Waals surface area contributed by atoms with Crippen molar-refractivity contribution >= 4 is 27.6 Å². The number of carbonyl (C=O) groups excluding carboxylic acids is 1. The molecule has 7 nitrogen and oxygen atoms in total. The lowest BCUT2D eigenvalue weighted by atomic mass is 10.1. The van der Waals surface area contributed by atoms with Crippen LogP contribution in [0.3, 0.4) is 0 Å². The predicted octanol–water partition coefficient (Wildman–Crippen LogP) is 2.67. The molecule has 0 atom stereocenters. The molecule has 0 bridgehead atoms. The van der Waals surface area contributed by atoms with Gasteiger partial charge in [-0.1, -0.05) is 11.6 Å². The smallest absolute Gasteiger partial charge is 0.338 e. The summed E-state index contributed by atoms with van der Waals surface area (Å²) in [4.78, 5) is 11.9. The first-order valence-corrected chi connectivity index (χ1v) is 9.30. The van der Waals surface area contributed by atoms with Gasteiger partial charge in [-0.05, 0) is 48.4 Å². The van der Waals surface area contributed by atoms with Gasteiger partial charge in [0.05, 0.1) is 24.8 Å². The zero-order valence-electron chi connectivity index (χ0n) is 14.4. The van der Waals surface area contributed by atoms with Crippen molar-refractivity contribution in [1.82, 2.24) is 0 Å².